The van der Waals surface area contributed by atoms with Gasteiger partial charge >= 0.3 is 0 Å². The van der Waals surface area contributed by atoms with E-state index in [4.69, 9.17) is 9.47 Å². The number of hydrogen-bond donors (Lipinski definition) is 2. The zero-order valence-corrected chi connectivity index (χ0v) is 24.7. The molecule has 1 aromatic heterocycles. The second kappa shape index (κ2) is 12.5. The van der Waals surface area contributed by atoms with Crippen molar-refractivity contribution in [3.63, 3.8) is 0 Å². The van der Waals surface area contributed by atoms with Gasteiger partial charge in [-0.1, -0.05) is 50.3 Å². The number of fused-ring (bicyclic) bond motifs is 2. The fourth-order valence-electron chi connectivity index (χ4n) is 7.42. The summed E-state index contributed by atoms with van der Waals surface area (Å²) in [6.07, 6.45) is 13.5. The molecule has 222 valence electrons. The molecule has 1 aliphatic carbocycles. The van der Waals surface area contributed by atoms with E-state index in [1.807, 2.05) is 6.07 Å². The molecule has 2 N–H and O–H groups in total. The van der Waals surface area contributed by atoms with Gasteiger partial charge < -0.3 is 29.6 Å². The van der Waals surface area contributed by atoms with Crippen molar-refractivity contribution in [1.29, 1.82) is 0 Å². The Balaban J connectivity index is 0.969. The highest BCUT2D eigenvalue weighted by Crippen LogP contribution is 2.43. The maximum Gasteiger partial charge on any atom is 0.249 e. The molecule has 0 amide bonds. The van der Waals surface area contributed by atoms with Gasteiger partial charge in [-0.15, -0.1) is 0 Å². The lowest BCUT2D eigenvalue weighted by molar-refractivity contribution is 0.0384. The normalized spacial score (nSPS) is 21.8. The molecule has 3 aromatic rings. The van der Waals surface area contributed by atoms with Gasteiger partial charge in [-0.3, -0.25) is 4.79 Å². The van der Waals surface area contributed by atoms with E-state index in [9.17, 15) is 4.79 Å². The fourth-order valence-corrected chi connectivity index (χ4v) is 7.42. The van der Waals surface area contributed by atoms with Gasteiger partial charge in [0.1, 0.15) is 17.6 Å². The minimum Gasteiger partial charge on any atom is -0.456 e. The van der Waals surface area contributed by atoms with E-state index in [1.54, 1.807) is 12.3 Å². The zero-order valence-electron chi connectivity index (χ0n) is 24.7. The van der Waals surface area contributed by atoms with Gasteiger partial charge in [0.05, 0.1) is 6.61 Å². The number of benzene rings is 2. The number of aromatic amines is 1. The standard InChI is InChI=1S/C35H44N4O3/c40-34-23-30(11-15-36-34)39-19-20-41-33(24-39)31-8-4-7-26-21-27-22-29(9-10-32(27)42-35(26)31)37-28-13-17-38(18-14-28)16-12-25-5-2-1-3-6-25/h4,7-11,15,22-23,25,28,33,37H,1-3,5-6,12-14,16-21,24H2,(H,36,40). The Labute approximate surface area is 249 Å². The predicted molar refractivity (Wildman–Crippen MR) is 168 cm³/mol. The molecular weight excluding hydrogens is 524 g/mol. The van der Waals surface area contributed by atoms with Crippen molar-refractivity contribution in [1.82, 2.24) is 9.88 Å². The van der Waals surface area contributed by atoms with Crippen LogP contribution in [0.4, 0.5) is 11.4 Å². The molecule has 7 nitrogen and oxygen atoms in total. The zero-order chi connectivity index (χ0) is 28.3. The summed E-state index contributed by atoms with van der Waals surface area (Å²) in [5.74, 6) is 2.82. The predicted octanol–water partition coefficient (Wildman–Crippen LogP) is 6.50. The molecule has 2 saturated heterocycles. The number of likely N-dealkylation sites (tertiary alicyclic amines) is 1. The van der Waals surface area contributed by atoms with E-state index >= 15 is 0 Å². The Bertz CT molecular complexity index is 1420. The highest BCUT2D eigenvalue weighted by molar-refractivity contribution is 5.59. The number of hydrogen-bond acceptors (Lipinski definition) is 6. The van der Waals surface area contributed by atoms with E-state index < -0.39 is 0 Å². The largest absolute Gasteiger partial charge is 0.456 e. The molecule has 7 rings (SSSR count). The molecule has 4 heterocycles. The minimum atomic E-state index is -0.121. The van der Waals surface area contributed by atoms with Crippen LogP contribution in [0.3, 0.4) is 0 Å². The van der Waals surface area contributed by atoms with Gasteiger partial charge in [0, 0.05) is 73.4 Å². The summed E-state index contributed by atoms with van der Waals surface area (Å²) in [6.45, 7) is 5.73. The Kier molecular flexibility index (Phi) is 8.21. The summed E-state index contributed by atoms with van der Waals surface area (Å²) < 4.78 is 12.8. The first-order valence-electron chi connectivity index (χ1n) is 16.1. The summed E-state index contributed by atoms with van der Waals surface area (Å²) in [5, 5.41) is 3.84. The summed E-state index contributed by atoms with van der Waals surface area (Å²) in [4.78, 5) is 19.5. The number of nitrogens with zero attached hydrogens (tertiary/aromatic N) is 2. The highest BCUT2D eigenvalue weighted by atomic mass is 16.5. The second-order valence-electron chi connectivity index (χ2n) is 12.7. The SMILES string of the molecule is O=c1cc(N2CCOC(c3cccc4c3Oc3ccc(NC5CCN(CCC6CCCCC6)CC5)cc3C4)C2)cc[nH]1. The van der Waals surface area contributed by atoms with Crippen LogP contribution in [0.2, 0.25) is 0 Å². The lowest BCUT2D eigenvalue weighted by atomic mass is 9.87. The van der Waals surface area contributed by atoms with Crippen LogP contribution in [0.25, 0.3) is 0 Å². The van der Waals surface area contributed by atoms with Gasteiger partial charge in [0.25, 0.3) is 0 Å². The first-order chi connectivity index (χ1) is 20.7. The molecule has 42 heavy (non-hydrogen) atoms. The summed E-state index contributed by atoms with van der Waals surface area (Å²) in [6, 6.07) is 17.1. The number of ether oxygens (including phenoxy) is 2. The number of nitrogens with one attached hydrogen (secondary N) is 2. The van der Waals surface area contributed by atoms with Crippen LogP contribution in [0.15, 0.2) is 59.5 Å². The Hall–Kier alpha value is -3.29. The van der Waals surface area contributed by atoms with Crippen molar-refractivity contribution in [3.05, 3.63) is 81.8 Å². The average Bonchev–Trinajstić information content (AvgIpc) is 3.04. The lowest BCUT2D eigenvalue weighted by Gasteiger charge is -2.36. The number of rotatable bonds is 7. The lowest BCUT2D eigenvalue weighted by Crippen LogP contribution is -2.40. The van der Waals surface area contributed by atoms with Crippen molar-refractivity contribution in [2.24, 2.45) is 5.92 Å². The molecule has 0 spiro atoms. The smallest absolute Gasteiger partial charge is 0.249 e. The quantitative estimate of drug-likeness (QED) is 0.265. The van der Waals surface area contributed by atoms with Gasteiger partial charge in [0.15, 0.2) is 0 Å². The third kappa shape index (κ3) is 6.23. The first kappa shape index (κ1) is 27.5. The van der Waals surface area contributed by atoms with Crippen LogP contribution < -0.4 is 20.5 Å². The van der Waals surface area contributed by atoms with E-state index in [2.05, 4.69) is 56.5 Å². The van der Waals surface area contributed by atoms with Gasteiger partial charge in [0.2, 0.25) is 5.56 Å². The first-order valence-corrected chi connectivity index (χ1v) is 16.1. The maximum atomic E-state index is 11.9. The number of morpholine rings is 1. The molecule has 1 saturated carbocycles. The van der Waals surface area contributed by atoms with Gasteiger partial charge in [-0.25, -0.2) is 0 Å². The molecule has 1 unspecified atom stereocenters. The Morgan fingerprint density at radius 2 is 1.81 bits per heavy atom. The maximum absolute atomic E-state index is 11.9. The third-order valence-electron chi connectivity index (χ3n) is 9.85. The summed E-state index contributed by atoms with van der Waals surface area (Å²) in [7, 11) is 0. The van der Waals surface area contributed by atoms with Crippen molar-refractivity contribution < 1.29 is 9.47 Å². The van der Waals surface area contributed by atoms with Crippen LogP contribution in [-0.2, 0) is 11.2 Å². The van der Waals surface area contributed by atoms with Crippen molar-refractivity contribution in [2.75, 3.05) is 49.5 Å². The van der Waals surface area contributed by atoms with Gasteiger partial charge in [-0.05, 0) is 61.6 Å². The van der Waals surface area contributed by atoms with Crippen LogP contribution in [0.5, 0.6) is 11.5 Å². The van der Waals surface area contributed by atoms with Crippen molar-refractivity contribution in [3.8, 4) is 11.5 Å². The molecule has 0 radical (unpaired) electrons. The molecule has 2 aromatic carbocycles. The molecule has 0 bridgehead atoms. The number of anilines is 2. The number of pyridine rings is 1. The van der Waals surface area contributed by atoms with Crippen LogP contribution in [0.1, 0.15) is 74.2 Å². The molecule has 7 heteroatoms. The number of para-hydroxylation sites is 1. The van der Waals surface area contributed by atoms with Crippen LogP contribution in [-0.4, -0.2) is 55.3 Å². The van der Waals surface area contributed by atoms with Crippen molar-refractivity contribution in [2.45, 2.75) is 69.9 Å². The van der Waals surface area contributed by atoms with Crippen molar-refractivity contribution >= 4 is 11.4 Å². The van der Waals surface area contributed by atoms with Crippen LogP contribution >= 0.6 is 0 Å². The fraction of sp³-hybridized carbons (Fsp3) is 0.514. The van der Waals surface area contributed by atoms with Crippen LogP contribution in [0, 0.1) is 5.92 Å². The third-order valence-corrected chi connectivity index (χ3v) is 9.85. The summed E-state index contributed by atoms with van der Waals surface area (Å²) >= 11 is 0. The minimum absolute atomic E-state index is 0.0863. The van der Waals surface area contributed by atoms with E-state index in [0.717, 1.165) is 41.6 Å². The molecule has 4 aliphatic rings. The topological polar surface area (TPSA) is 69.8 Å². The Morgan fingerprint density at radius 1 is 0.929 bits per heavy atom. The van der Waals surface area contributed by atoms with E-state index in [-0.39, 0.29) is 11.7 Å². The number of piperidine rings is 1. The van der Waals surface area contributed by atoms with Gasteiger partial charge in [-0.2, -0.15) is 0 Å². The summed E-state index contributed by atoms with van der Waals surface area (Å²) in [5.41, 5.74) is 5.53. The molecule has 1 atom stereocenters. The highest BCUT2D eigenvalue weighted by Gasteiger charge is 2.29. The van der Waals surface area contributed by atoms with E-state index in [1.165, 1.54) is 87.8 Å². The average molecular weight is 569 g/mol. The number of H-pyrrole nitrogens is 1. The molecular formula is C35H44N4O3. The second-order valence-corrected chi connectivity index (χ2v) is 12.7. The monoisotopic (exact) mass is 568 g/mol. The molecule has 3 aliphatic heterocycles. The van der Waals surface area contributed by atoms with E-state index in [0.29, 0.717) is 19.2 Å². The number of aromatic nitrogens is 1. The Morgan fingerprint density at radius 3 is 2.67 bits per heavy atom. The molecule has 3 fully saturated rings.